The van der Waals surface area contributed by atoms with Gasteiger partial charge in [-0.15, -0.1) is 11.3 Å². The highest BCUT2D eigenvalue weighted by Crippen LogP contribution is 2.25. The van der Waals surface area contributed by atoms with Crippen molar-refractivity contribution in [2.75, 3.05) is 44.7 Å². The molecule has 0 bridgehead atoms. The van der Waals surface area contributed by atoms with Crippen LogP contribution in [0.4, 0.5) is 5.82 Å². The van der Waals surface area contributed by atoms with Gasteiger partial charge in [-0.05, 0) is 20.0 Å². The quantitative estimate of drug-likeness (QED) is 0.850. The highest BCUT2D eigenvalue weighted by molar-refractivity contribution is 7.15. The summed E-state index contributed by atoms with van der Waals surface area (Å²) in [5.41, 5.74) is 1.30. The third-order valence-electron chi connectivity index (χ3n) is 3.86. The van der Waals surface area contributed by atoms with E-state index in [1.165, 1.54) is 11.5 Å². The van der Waals surface area contributed by atoms with Crippen molar-refractivity contribution >= 4 is 22.1 Å². The monoisotopic (exact) mass is 293 g/mol. The largest absolute Gasteiger partial charge is 0.352 e. The summed E-state index contributed by atoms with van der Waals surface area (Å²) in [4.78, 5) is 10.8. The normalized spacial score (nSPS) is 17.2. The van der Waals surface area contributed by atoms with E-state index in [4.69, 9.17) is 4.98 Å². The van der Waals surface area contributed by atoms with E-state index in [-0.39, 0.29) is 0 Å². The second-order valence-corrected chi connectivity index (χ2v) is 6.28. The average molecular weight is 293 g/mol. The minimum Gasteiger partial charge on any atom is -0.352 e. The van der Waals surface area contributed by atoms with Gasteiger partial charge in [0.25, 0.3) is 0 Å². The van der Waals surface area contributed by atoms with Gasteiger partial charge in [0.05, 0.1) is 5.69 Å². The summed E-state index contributed by atoms with van der Waals surface area (Å²) < 4.78 is 2.24. The predicted octanol–water partition coefficient (Wildman–Crippen LogP) is 1.65. The van der Waals surface area contributed by atoms with Crippen LogP contribution in [0.5, 0.6) is 0 Å². The molecule has 1 fully saturated rings. The minimum atomic E-state index is 0.896. The Bertz CT molecular complexity index is 553. The molecule has 1 N–H and O–H groups in total. The van der Waals surface area contributed by atoms with Crippen LogP contribution in [0.1, 0.15) is 19.0 Å². The van der Waals surface area contributed by atoms with Crippen LogP contribution >= 0.6 is 11.3 Å². The van der Waals surface area contributed by atoms with Crippen LogP contribution in [-0.2, 0) is 6.54 Å². The maximum Gasteiger partial charge on any atom is 0.195 e. The van der Waals surface area contributed by atoms with Crippen molar-refractivity contribution in [3.63, 3.8) is 0 Å². The van der Waals surface area contributed by atoms with E-state index < -0.39 is 0 Å². The number of hydrogen-bond donors (Lipinski definition) is 1. The third kappa shape index (κ3) is 2.68. The number of imidazole rings is 1. The van der Waals surface area contributed by atoms with Crippen molar-refractivity contribution in [2.24, 2.45) is 0 Å². The van der Waals surface area contributed by atoms with E-state index in [1.807, 2.05) is 0 Å². The SMILES string of the molecule is CCCNCc1c(N2CCN(C)CC2)nc2sccn12. The van der Waals surface area contributed by atoms with Crippen LogP contribution in [0.15, 0.2) is 11.6 Å². The fraction of sp³-hybridized carbons (Fsp3) is 0.643. The highest BCUT2D eigenvalue weighted by Gasteiger charge is 2.21. The minimum absolute atomic E-state index is 0.896. The van der Waals surface area contributed by atoms with Crippen molar-refractivity contribution in [2.45, 2.75) is 19.9 Å². The first kappa shape index (κ1) is 13.9. The van der Waals surface area contributed by atoms with Crippen LogP contribution < -0.4 is 10.2 Å². The zero-order valence-corrected chi connectivity index (χ0v) is 13.1. The van der Waals surface area contributed by atoms with E-state index in [9.17, 15) is 0 Å². The smallest absolute Gasteiger partial charge is 0.195 e. The number of piperazine rings is 1. The molecule has 1 aliphatic rings. The third-order valence-corrected chi connectivity index (χ3v) is 4.62. The number of fused-ring (bicyclic) bond motifs is 1. The summed E-state index contributed by atoms with van der Waals surface area (Å²) in [6.45, 7) is 8.53. The Morgan fingerprint density at radius 2 is 2.10 bits per heavy atom. The van der Waals surface area contributed by atoms with E-state index in [0.29, 0.717) is 0 Å². The molecule has 0 aliphatic carbocycles. The summed E-state index contributed by atoms with van der Waals surface area (Å²) in [6.07, 6.45) is 3.30. The summed E-state index contributed by atoms with van der Waals surface area (Å²) in [5, 5.41) is 5.62. The van der Waals surface area contributed by atoms with Crippen molar-refractivity contribution < 1.29 is 0 Å². The number of aromatic nitrogens is 2. The Balaban J connectivity index is 1.84. The van der Waals surface area contributed by atoms with Gasteiger partial charge in [-0.1, -0.05) is 6.92 Å². The van der Waals surface area contributed by atoms with Crippen LogP contribution in [0.2, 0.25) is 0 Å². The molecule has 0 atom stereocenters. The van der Waals surface area contributed by atoms with Gasteiger partial charge in [0.2, 0.25) is 0 Å². The van der Waals surface area contributed by atoms with Crippen LogP contribution in [-0.4, -0.2) is 54.1 Å². The molecule has 0 aromatic carbocycles. The Labute approximate surface area is 124 Å². The van der Waals surface area contributed by atoms with Crippen molar-refractivity contribution in [3.8, 4) is 0 Å². The van der Waals surface area contributed by atoms with Gasteiger partial charge >= 0.3 is 0 Å². The molecule has 1 aliphatic heterocycles. The summed E-state index contributed by atoms with van der Waals surface area (Å²) in [5.74, 6) is 1.17. The summed E-state index contributed by atoms with van der Waals surface area (Å²) in [7, 11) is 2.19. The van der Waals surface area contributed by atoms with Gasteiger partial charge in [-0.2, -0.15) is 0 Å². The lowest BCUT2D eigenvalue weighted by atomic mass is 10.3. The topological polar surface area (TPSA) is 35.8 Å². The molecule has 20 heavy (non-hydrogen) atoms. The van der Waals surface area contributed by atoms with E-state index in [0.717, 1.165) is 50.7 Å². The molecule has 5 nitrogen and oxygen atoms in total. The van der Waals surface area contributed by atoms with E-state index in [2.05, 4.69) is 45.1 Å². The van der Waals surface area contributed by atoms with Gasteiger partial charge < -0.3 is 15.1 Å². The van der Waals surface area contributed by atoms with Crippen LogP contribution in [0, 0.1) is 0 Å². The molecule has 0 spiro atoms. The van der Waals surface area contributed by atoms with Crippen LogP contribution in [0.3, 0.4) is 0 Å². The Morgan fingerprint density at radius 1 is 1.30 bits per heavy atom. The molecule has 0 radical (unpaired) electrons. The lowest BCUT2D eigenvalue weighted by Gasteiger charge is -2.33. The summed E-state index contributed by atoms with van der Waals surface area (Å²) >= 11 is 1.71. The Kier molecular flexibility index (Phi) is 4.24. The van der Waals surface area contributed by atoms with Crippen molar-refractivity contribution in [1.82, 2.24) is 19.6 Å². The second kappa shape index (κ2) is 6.11. The maximum atomic E-state index is 4.85. The highest BCUT2D eigenvalue weighted by atomic mass is 32.1. The first-order valence-electron chi connectivity index (χ1n) is 7.38. The molecule has 3 rings (SSSR count). The fourth-order valence-electron chi connectivity index (χ4n) is 2.64. The molecular weight excluding hydrogens is 270 g/mol. The zero-order valence-electron chi connectivity index (χ0n) is 12.3. The first-order valence-corrected chi connectivity index (χ1v) is 8.26. The number of nitrogens with one attached hydrogen (secondary N) is 1. The number of thiazole rings is 1. The molecule has 3 heterocycles. The standard InChI is InChI=1S/C14H23N5S/c1-3-4-15-11-12-13(16-14-19(12)9-10-20-14)18-7-5-17(2)6-8-18/h9-10,15H,3-8,11H2,1-2H3. The predicted molar refractivity (Wildman–Crippen MR) is 84.8 cm³/mol. The number of likely N-dealkylation sites (N-methyl/N-ethyl adjacent to an activating group) is 1. The van der Waals surface area contributed by atoms with E-state index >= 15 is 0 Å². The number of hydrogen-bond acceptors (Lipinski definition) is 5. The molecule has 2 aromatic rings. The first-order chi connectivity index (χ1) is 9.79. The number of rotatable bonds is 5. The van der Waals surface area contributed by atoms with Crippen molar-refractivity contribution in [1.29, 1.82) is 0 Å². The molecule has 0 unspecified atom stereocenters. The van der Waals surface area contributed by atoms with Gasteiger partial charge in [-0.3, -0.25) is 4.40 Å². The van der Waals surface area contributed by atoms with Gasteiger partial charge in [0.15, 0.2) is 10.8 Å². The van der Waals surface area contributed by atoms with Crippen LogP contribution in [0.25, 0.3) is 4.96 Å². The molecule has 1 saturated heterocycles. The Morgan fingerprint density at radius 3 is 2.85 bits per heavy atom. The summed E-state index contributed by atoms with van der Waals surface area (Å²) in [6, 6.07) is 0. The Hall–Kier alpha value is -1.11. The lowest BCUT2D eigenvalue weighted by Crippen LogP contribution is -2.45. The van der Waals surface area contributed by atoms with Crippen molar-refractivity contribution in [3.05, 3.63) is 17.3 Å². The maximum absolute atomic E-state index is 4.85. The number of anilines is 1. The molecule has 110 valence electrons. The average Bonchev–Trinajstić information content (AvgIpc) is 3.02. The zero-order chi connectivity index (χ0) is 13.9. The second-order valence-electron chi connectivity index (χ2n) is 5.40. The molecule has 0 amide bonds. The molecular formula is C14H23N5S. The van der Waals surface area contributed by atoms with Gasteiger partial charge in [0.1, 0.15) is 0 Å². The van der Waals surface area contributed by atoms with E-state index in [1.54, 1.807) is 11.3 Å². The fourth-order valence-corrected chi connectivity index (χ4v) is 3.37. The van der Waals surface area contributed by atoms with Gasteiger partial charge in [0, 0.05) is 44.3 Å². The molecule has 2 aromatic heterocycles. The molecule has 6 heteroatoms. The number of nitrogens with zero attached hydrogens (tertiary/aromatic N) is 4. The lowest BCUT2D eigenvalue weighted by molar-refractivity contribution is 0.312. The van der Waals surface area contributed by atoms with Gasteiger partial charge in [-0.25, -0.2) is 4.98 Å². The molecule has 0 saturated carbocycles.